The second-order valence-corrected chi connectivity index (χ2v) is 9.28. The van der Waals surface area contributed by atoms with Crippen LogP contribution in [0.4, 0.5) is 0 Å². The smallest absolute Gasteiger partial charge is 0.272 e. The van der Waals surface area contributed by atoms with E-state index in [0.29, 0.717) is 46.8 Å². The van der Waals surface area contributed by atoms with Gasteiger partial charge in [0.1, 0.15) is 15.6 Å². The minimum Gasteiger partial charge on any atom is -0.347 e. The number of nitrogens with zero attached hydrogens (tertiary/aromatic N) is 4. The molecule has 1 aromatic carbocycles. The number of aromatic nitrogens is 2. The quantitative estimate of drug-likeness (QED) is 0.570. The molecule has 166 valence electrons. The molecule has 2 aromatic heterocycles. The Morgan fingerprint density at radius 3 is 2.59 bits per heavy atom. The lowest BCUT2D eigenvalue weighted by atomic mass is 10.2. The summed E-state index contributed by atoms with van der Waals surface area (Å²) in [6.45, 7) is 3.72. The van der Waals surface area contributed by atoms with Crippen LogP contribution in [0.3, 0.4) is 0 Å². The minimum absolute atomic E-state index is 0.0424. The Morgan fingerprint density at radius 1 is 1.06 bits per heavy atom. The first-order valence-corrected chi connectivity index (χ1v) is 11.7. The van der Waals surface area contributed by atoms with Gasteiger partial charge in [-0.2, -0.15) is 0 Å². The third-order valence-corrected chi connectivity index (χ3v) is 6.70. The van der Waals surface area contributed by atoms with Crippen LogP contribution < -0.4 is 5.32 Å². The van der Waals surface area contributed by atoms with Crippen LogP contribution in [0.5, 0.6) is 0 Å². The highest BCUT2D eigenvalue weighted by molar-refractivity contribution is 7.13. The van der Waals surface area contributed by atoms with Gasteiger partial charge >= 0.3 is 0 Å². The van der Waals surface area contributed by atoms with E-state index < -0.39 is 0 Å². The number of carbonyl (C=O) groups excluding carboxylic acids is 2. The summed E-state index contributed by atoms with van der Waals surface area (Å²) in [6, 6.07) is 10.5. The van der Waals surface area contributed by atoms with Crippen LogP contribution in [-0.4, -0.2) is 57.8 Å². The summed E-state index contributed by atoms with van der Waals surface area (Å²) in [4.78, 5) is 38.1. The van der Waals surface area contributed by atoms with Crippen molar-refractivity contribution in [1.29, 1.82) is 0 Å². The maximum Gasteiger partial charge on any atom is 0.272 e. The summed E-state index contributed by atoms with van der Waals surface area (Å²) < 4.78 is 0. The summed E-state index contributed by atoms with van der Waals surface area (Å²) in [7, 11) is 0. The molecular formula is C22H21Cl2N5O2S. The molecule has 1 aliphatic rings. The van der Waals surface area contributed by atoms with Crippen LogP contribution in [0, 0.1) is 0 Å². The van der Waals surface area contributed by atoms with E-state index >= 15 is 0 Å². The average molecular weight is 490 g/mol. The highest BCUT2D eigenvalue weighted by Crippen LogP contribution is 2.21. The van der Waals surface area contributed by atoms with Crippen molar-refractivity contribution in [3.05, 3.63) is 80.0 Å². The molecule has 0 aliphatic carbocycles. The predicted octanol–water partition coefficient (Wildman–Crippen LogP) is 3.73. The third-order valence-electron chi connectivity index (χ3n) is 5.13. The number of pyridine rings is 1. The third kappa shape index (κ3) is 5.63. The van der Waals surface area contributed by atoms with Crippen LogP contribution in [0.15, 0.2) is 48.8 Å². The summed E-state index contributed by atoms with van der Waals surface area (Å²) >= 11 is 13.4. The minimum atomic E-state index is -0.189. The van der Waals surface area contributed by atoms with Gasteiger partial charge in [-0.05, 0) is 29.8 Å². The maximum absolute atomic E-state index is 12.5. The lowest BCUT2D eigenvalue weighted by molar-refractivity contribution is 0.0622. The zero-order valence-electron chi connectivity index (χ0n) is 17.1. The molecule has 32 heavy (non-hydrogen) atoms. The lowest BCUT2D eigenvalue weighted by Crippen LogP contribution is -2.48. The molecular weight excluding hydrogens is 469 g/mol. The van der Waals surface area contributed by atoms with Crippen molar-refractivity contribution in [3.8, 4) is 0 Å². The number of rotatable bonds is 6. The Hall–Kier alpha value is -2.52. The van der Waals surface area contributed by atoms with E-state index in [1.54, 1.807) is 42.7 Å². The molecule has 2 amide bonds. The molecule has 7 nitrogen and oxygen atoms in total. The predicted molar refractivity (Wildman–Crippen MR) is 125 cm³/mol. The monoisotopic (exact) mass is 489 g/mol. The van der Waals surface area contributed by atoms with Crippen molar-refractivity contribution in [1.82, 2.24) is 25.1 Å². The molecule has 3 aromatic rings. The summed E-state index contributed by atoms with van der Waals surface area (Å²) in [5.41, 5.74) is 1.27. The van der Waals surface area contributed by atoms with Crippen molar-refractivity contribution < 1.29 is 9.59 Å². The van der Waals surface area contributed by atoms with Gasteiger partial charge in [-0.1, -0.05) is 35.3 Å². The van der Waals surface area contributed by atoms with E-state index in [1.807, 2.05) is 11.0 Å². The summed E-state index contributed by atoms with van der Waals surface area (Å²) in [6.07, 6.45) is 3.23. The number of piperazine rings is 1. The first-order valence-electron chi connectivity index (χ1n) is 10.1. The Balaban J connectivity index is 1.26. The van der Waals surface area contributed by atoms with Crippen LogP contribution in [0.25, 0.3) is 0 Å². The number of hydrogen-bond acceptors (Lipinski definition) is 6. The summed E-state index contributed by atoms with van der Waals surface area (Å²) in [5, 5.41) is 4.80. The topological polar surface area (TPSA) is 78.4 Å². The largest absolute Gasteiger partial charge is 0.347 e. The standard InChI is InChI=1S/C22H21Cl2N5O2S/c23-16-5-4-15(17(24)11-16)12-27-21(30)19-13-26-20(32-19)14-28-7-9-29(10-8-28)22(31)18-3-1-2-6-25-18/h1-6,11,13H,7-10,12,14H2,(H,27,30). The van der Waals surface area contributed by atoms with Crippen molar-refractivity contribution in [2.45, 2.75) is 13.1 Å². The Bertz CT molecular complexity index is 1100. The van der Waals surface area contributed by atoms with Crippen LogP contribution in [0.1, 0.15) is 30.7 Å². The van der Waals surface area contributed by atoms with Gasteiger partial charge in [-0.15, -0.1) is 11.3 Å². The molecule has 1 N–H and O–H groups in total. The number of amides is 2. The number of hydrogen-bond donors (Lipinski definition) is 1. The second-order valence-electron chi connectivity index (χ2n) is 7.32. The van der Waals surface area contributed by atoms with Gasteiger partial charge in [0.15, 0.2) is 0 Å². The van der Waals surface area contributed by atoms with Gasteiger partial charge in [0.2, 0.25) is 0 Å². The van der Waals surface area contributed by atoms with E-state index in [4.69, 9.17) is 23.2 Å². The molecule has 4 rings (SSSR count). The molecule has 1 fully saturated rings. The van der Waals surface area contributed by atoms with Gasteiger partial charge in [0.05, 0.1) is 12.7 Å². The number of benzene rings is 1. The SMILES string of the molecule is O=C(NCc1ccc(Cl)cc1Cl)c1cnc(CN2CCN(C(=O)c3ccccn3)CC2)s1. The number of thiazole rings is 1. The molecule has 3 heterocycles. The number of carbonyl (C=O) groups is 2. The van der Waals surface area contributed by atoms with Crippen molar-refractivity contribution in [3.63, 3.8) is 0 Å². The highest BCUT2D eigenvalue weighted by atomic mass is 35.5. The molecule has 10 heteroatoms. The normalized spacial score (nSPS) is 14.4. The van der Waals surface area contributed by atoms with Crippen molar-refractivity contribution in [2.75, 3.05) is 26.2 Å². The molecule has 0 unspecified atom stereocenters. The Morgan fingerprint density at radius 2 is 1.88 bits per heavy atom. The van der Waals surface area contributed by atoms with E-state index in [0.717, 1.165) is 23.7 Å². The van der Waals surface area contributed by atoms with Gasteiger partial charge in [0.25, 0.3) is 11.8 Å². The Labute approximate surface area is 200 Å². The van der Waals surface area contributed by atoms with Crippen LogP contribution >= 0.6 is 34.5 Å². The van der Waals surface area contributed by atoms with E-state index in [1.165, 1.54) is 11.3 Å². The van der Waals surface area contributed by atoms with Gasteiger partial charge in [0, 0.05) is 49.0 Å². The second kappa shape index (κ2) is 10.4. The van der Waals surface area contributed by atoms with Gasteiger partial charge < -0.3 is 10.2 Å². The molecule has 0 saturated carbocycles. The first-order chi connectivity index (χ1) is 15.5. The van der Waals surface area contributed by atoms with E-state index in [-0.39, 0.29) is 11.8 Å². The fraction of sp³-hybridized carbons (Fsp3) is 0.273. The zero-order chi connectivity index (χ0) is 22.5. The maximum atomic E-state index is 12.5. The van der Waals surface area contributed by atoms with Crippen molar-refractivity contribution in [2.24, 2.45) is 0 Å². The van der Waals surface area contributed by atoms with Crippen molar-refractivity contribution >= 4 is 46.4 Å². The molecule has 0 atom stereocenters. The van der Waals surface area contributed by atoms with Crippen LogP contribution in [-0.2, 0) is 13.1 Å². The number of halogens is 2. The molecule has 1 saturated heterocycles. The van der Waals surface area contributed by atoms with E-state index in [9.17, 15) is 9.59 Å². The van der Waals surface area contributed by atoms with Gasteiger partial charge in [-0.3, -0.25) is 19.5 Å². The number of nitrogens with one attached hydrogen (secondary N) is 1. The highest BCUT2D eigenvalue weighted by Gasteiger charge is 2.23. The summed E-state index contributed by atoms with van der Waals surface area (Å²) in [5.74, 6) is -0.232. The fourth-order valence-corrected chi connectivity index (χ4v) is 4.72. The lowest BCUT2D eigenvalue weighted by Gasteiger charge is -2.34. The molecule has 0 spiro atoms. The fourth-order valence-electron chi connectivity index (χ4n) is 3.37. The molecule has 0 bridgehead atoms. The van der Waals surface area contributed by atoms with E-state index in [2.05, 4.69) is 20.2 Å². The zero-order valence-corrected chi connectivity index (χ0v) is 19.5. The molecule has 1 aliphatic heterocycles. The molecule has 0 radical (unpaired) electrons. The van der Waals surface area contributed by atoms with Gasteiger partial charge in [-0.25, -0.2) is 4.98 Å². The van der Waals surface area contributed by atoms with Crippen LogP contribution in [0.2, 0.25) is 10.0 Å². The average Bonchev–Trinajstić information content (AvgIpc) is 3.27. The Kier molecular flexibility index (Phi) is 7.36. The first kappa shape index (κ1) is 22.7.